The third-order valence-corrected chi connectivity index (χ3v) is 6.43. The number of aliphatic hydroxyl groups excluding tert-OH is 1. The van der Waals surface area contributed by atoms with Gasteiger partial charge in [0.2, 0.25) is 0 Å². The summed E-state index contributed by atoms with van der Waals surface area (Å²) in [5, 5.41) is 8.95. The second-order valence-electron chi connectivity index (χ2n) is 8.92. The van der Waals surface area contributed by atoms with Gasteiger partial charge in [0.05, 0.1) is 6.61 Å². The van der Waals surface area contributed by atoms with E-state index in [1.807, 2.05) is 0 Å². The van der Waals surface area contributed by atoms with Crippen molar-refractivity contribution in [2.24, 2.45) is 11.8 Å². The van der Waals surface area contributed by atoms with Crippen LogP contribution in [0.15, 0.2) is 30.3 Å². The largest absolute Gasteiger partial charge is 0.396 e. The highest BCUT2D eigenvalue weighted by Crippen LogP contribution is 2.36. The van der Waals surface area contributed by atoms with E-state index in [-0.39, 0.29) is 0 Å². The summed E-state index contributed by atoms with van der Waals surface area (Å²) in [6.45, 7) is 2.03. The van der Waals surface area contributed by atoms with E-state index >= 15 is 0 Å². The minimum Gasteiger partial charge on any atom is -0.396 e. The molecule has 0 bridgehead atoms. The van der Waals surface area contributed by atoms with Crippen molar-refractivity contribution in [2.75, 3.05) is 13.2 Å². The fraction of sp³-hybridized carbons (Fsp3) is 0.769. The van der Waals surface area contributed by atoms with Crippen molar-refractivity contribution in [1.29, 1.82) is 0 Å². The Morgan fingerprint density at radius 1 is 0.714 bits per heavy atom. The van der Waals surface area contributed by atoms with Gasteiger partial charge in [-0.3, -0.25) is 0 Å². The highest BCUT2D eigenvalue weighted by Gasteiger charge is 2.23. The second kappa shape index (κ2) is 16.0. The van der Waals surface area contributed by atoms with Crippen LogP contribution in [0.1, 0.15) is 102 Å². The lowest BCUT2D eigenvalue weighted by Crippen LogP contribution is -1.98. The fourth-order valence-electron chi connectivity index (χ4n) is 4.72. The molecule has 2 atom stereocenters. The first-order valence-electron chi connectivity index (χ1n) is 12.1. The van der Waals surface area contributed by atoms with Crippen LogP contribution in [0.5, 0.6) is 0 Å². The monoisotopic (exact) mass is 388 g/mol. The van der Waals surface area contributed by atoms with Crippen LogP contribution in [0.2, 0.25) is 0 Å². The van der Waals surface area contributed by atoms with Gasteiger partial charge in [0.1, 0.15) is 0 Å². The van der Waals surface area contributed by atoms with E-state index in [0.717, 1.165) is 31.5 Å². The van der Waals surface area contributed by atoms with Crippen LogP contribution in [0.4, 0.5) is 0 Å². The number of unbranched alkanes of at least 4 members (excludes halogenated alkanes) is 8. The molecule has 0 unspecified atom stereocenters. The quantitative estimate of drug-likeness (QED) is 0.284. The van der Waals surface area contributed by atoms with Crippen LogP contribution in [-0.2, 0) is 11.3 Å². The molecule has 1 N–H and O–H groups in total. The molecule has 0 aromatic heterocycles. The van der Waals surface area contributed by atoms with Gasteiger partial charge in [0.25, 0.3) is 0 Å². The van der Waals surface area contributed by atoms with E-state index in [1.54, 1.807) is 0 Å². The lowest BCUT2D eigenvalue weighted by atomic mass is 9.96. The van der Waals surface area contributed by atoms with Gasteiger partial charge in [0.15, 0.2) is 0 Å². The van der Waals surface area contributed by atoms with Crippen molar-refractivity contribution in [3.05, 3.63) is 35.9 Å². The third kappa shape index (κ3) is 11.2. The highest BCUT2D eigenvalue weighted by molar-refractivity contribution is 5.13. The minimum atomic E-state index is 0.378. The van der Waals surface area contributed by atoms with Crippen LogP contribution in [-0.4, -0.2) is 18.3 Å². The Labute approximate surface area is 174 Å². The summed E-state index contributed by atoms with van der Waals surface area (Å²) in [4.78, 5) is 0. The Balaban J connectivity index is 1.28. The van der Waals surface area contributed by atoms with Crippen molar-refractivity contribution in [3.8, 4) is 0 Å². The summed E-state index contributed by atoms with van der Waals surface area (Å²) >= 11 is 0. The standard InChI is InChI=1S/C26H44O2/c27-20-13-17-25-19-18-24(22-25)14-9-6-4-2-1-3-5-7-12-21-28-23-26-15-10-8-11-16-26/h8,10-11,15-16,24-25,27H,1-7,9,12-14,17-23H2/t24-,25+/m0/s1. The summed E-state index contributed by atoms with van der Waals surface area (Å²) in [5.41, 5.74) is 1.27. The molecule has 2 heteroatoms. The van der Waals surface area contributed by atoms with Gasteiger partial charge in [-0.25, -0.2) is 0 Å². The first kappa shape index (κ1) is 23.4. The second-order valence-corrected chi connectivity index (χ2v) is 8.92. The maximum Gasteiger partial charge on any atom is 0.0716 e. The molecule has 1 aromatic rings. The van der Waals surface area contributed by atoms with Crippen molar-refractivity contribution < 1.29 is 9.84 Å². The van der Waals surface area contributed by atoms with E-state index in [2.05, 4.69) is 30.3 Å². The zero-order valence-corrected chi connectivity index (χ0v) is 18.1. The predicted molar refractivity (Wildman–Crippen MR) is 119 cm³/mol. The van der Waals surface area contributed by atoms with Crippen LogP contribution in [0, 0.1) is 11.8 Å². The number of benzene rings is 1. The normalized spacial score (nSPS) is 19.3. The molecule has 1 aliphatic rings. The molecule has 1 aromatic carbocycles. The maximum absolute atomic E-state index is 8.95. The summed E-state index contributed by atoms with van der Waals surface area (Å²) < 4.78 is 5.75. The maximum atomic E-state index is 8.95. The molecule has 0 spiro atoms. The molecule has 28 heavy (non-hydrogen) atoms. The van der Waals surface area contributed by atoms with E-state index < -0.39 is 0 Å². The van der Waals surface area contributed by atoms with Crippen molar-refractivity contribution in [2.45, 2.75) is 103 Å². The smallest absolute Gasteiger partial charge is 0.0716 e. The Morgan fingerprint density at radius 3 is 1.93 bits per heavy atom. The average molecular weight is 389 g/mol. The molecule has 1 saturated carbocycles. The lowest BCUT2D eigenvalue weighted by molar-refractivity contribution is 0.116. The van der Waals surface area contributed by atoms with Gasteiger partial charge in [-0.15, -0.1) is 0 Å². The molecule has 0 amide bonds. The van der Waals surface area contributed by atoms with Gasteiger partial charge in [-0.2, -0.15) is 0 Å². The molecule has 1 fully saturated rings. The van der Waals surface area contributed by atoms with Gasteiger partial charge >= 0.3 is 0 Å². The summed E-state index contributed by atoms with van der Waals surface area (Å²) in [5.74, 6) is 1.91. The highest BCUT2D eigenvalue weighted by atomic mass is 16.5. The number of rotatable bonds is 17. The van der Waals surface area contributed by atoms with E-state index in [0.29, 0.717) is 6.61 Å². The van der Waals surface area contributed by atoms with Gasteiger partial charge in [-0.05, 0) is 43.1 Å². The Kier molecular flexibility index (Phi) is 13.4. The predicted octanol–water partition coefficient (Wildman–Crippen LogP) is 7.29. The molecule has 0 aliphatic heterocycles. The van der Waals surface area contributed by atoms with Crippen molar-refractivity contribution >= 4 is 0 Å². The topological polar surface area (TPSA) is 29.5 Å². The first-order chi connectivity index (χ1) is 13.9. The van der Waals surface area contributed by atoms with E-state index in [1.165, 1.54) is 95.5 Å². The molecule has 160 valence electrons. The lowest BCUT2D eigenvalue weighted by Gasteiger charge is -2.11. The summed E-state index contributed by atoms with van der Waals surface area (Å²) in [6, 6.07) is 10.5. The Morgan fingerprint density at radius 2 is 1.29 bits per heavy atom. The molecule has 2 rings (SSSR count). The minimum absolute atomic E-state index is 0.378. The van der Waals surface area contributed by atoms with Crippen molar-refractivity contribution in [3.63, 3.8) is 0 Å². The van der Waals surface area contributed by atoms with Crippen LogP contribution >= 0.6 is 0 Å². The zero-order valence-electron chi connectivity index (χ0n) is 18.1. The molecule has 1 aliphatic carbocycles. The number of hydrogen-bond acceptors (Lipinski definition) is 2. The zero-order chi connectivity index (χ0) is 19.7. The first-order valence-corrected chi connectivity index (χ1v) is 12.1. The Bertz CT molecular complexity index is 459. The van der Waals surface area contributed by atoms with Crippen LogP contribution < -0.4 is 0 Å². The third-order valence-electron chi connectivity index (χ3n) is 6.43. The molecular weight excluding hydrogens is 344 g/mol. The molecule has 2 nitrogen and oxygen atoms in total. The molecule has 0 heterocycles. The van der Waals surface area contributed by atoms with Gasteiger partial charge < -0.3 is 9.84 Å². The average Bonchev–Trinajstić information content (AvgIpc) is 3.18. The molecule has 0 saturated heterocycles. The van der Waals surface area contributed by atoms with Crippen molar-refractivity contribution in [1.82, 2.24) is 0 Å². The number of ether oxygens (including phenoxy) is 1. The molecular formula is C26H44O2. The summed E-state index contributed by atoms with van der Waals surface area (Å²) in [6.07, 6.45) is 20.5. The number of hydrogen-bond donors (Lipinski definition) is 1. The summed E-state index contributed by atoms with van der Waals surface area (Å²) in [7, 11) is 0. The van der Waals surface area contributed by atoms with E-state index in [4.69, 9.17) is 9.84 Å². The van der Waals surface area contributed by atoms with Crippen LogP contribution in [0.3, 0.4) is 0 Å². The SMILES string of the molecule is OCCC[C@@H]1CC[C@H](CCCCCCCCCCCOCc2ccccc2)C1. The van der Waals surface area contributed by atoms with Gasteiger partial charge in [0, 0.05) is 13.2 Å². The Hall–Kier alpha value is -0.860. The van der Waals surface area contributed by atoms with E-state index in [9.17, 15) is 0 Å². The number of aliphatic hydroxyl groups is 1. The van der Waals surface area contributed by atoms with Gasteiger partial charge in [-0.1, -0.05) is 101 Å². The van der Waals surface area contributed by atoms with Crippen LogP contribution in [0.25, 0.3) is 0 Å². The fourth-order valence-corrected chi connectivity index (χ4v) is 4.72. The molecule has 0 radical (unpaired) electrons.